The zero-order valence-electron chi connectivity index (χ0n) is 9.77. The van der Waals surface area contributed by atoms with E-state index < -0.39 is 0 Å². The van der Waals surface area contributed by atoms with Crippen molar-refractivity contribution in [2.24, 2.45) is 0 Å². The molecule has 0 fully saturated rings. The molecular formula is C13H16O3. The Labute approximate surface area is 95.7 Å². The third-order valence-electron chi connectivity index (χ3n) is 1.75. The lowest BCUT2D eigenvalue weighted by atomic mass is 10.2. The average Bonchev–Trinajstić information content (AvgIpc) is 2.19. The predicted octanol–water partition coefficient (Wildman–Crippen LogP) is 3.01. The highest BCUT2D eigenvalue weighted by molar-refractivity contribution is 5.69. The molecule has 0 atom stereocenters. The smallest absolute Gasteiger partial charge is 0.308 e. The number of rotatable bonds is 4. The summed E-state index contributed by atoms with van der Waals surface area (Å²) in [6.07, 6.45) is 3.69. The first-order valence-corrected chi connectivity index (χ1v) is 5.18. The number of hydrogen-bond acceptors (Lipinski definition) is 3. The highest BCUT2D eigenvalue weighted by Crippen LogP contribution is 2.13. The third kappa shape index (κ3) is 4.64. The van der Waals surface area contributed by atoms with Crippen molar-refractivity contribution in [1.29, 1.82) is 0 Å². The van der Waals surface area contributed by atoms with E-state index in [1.807, 2.05) is 32.1 Å². The molecule has 0 aliphatic carbocycles. The Morgan fingerprint density at radius 3 is 2.38 bits per heavy atom. The molecule has 0 heterocycles. The van der Waals surface area contributed by atoms with Crippen LogP contribution in [0.25, 0.3) is 6.08 Å². The van der Waals surface area contributed by atoms with Crippen molar-refractivity contribution in [2.45, 2.75) is 26.9 Å². The van der Waals surface area contributed by atoms with Crippen LogP contribution in [0.3, 0.4) is 0 Å². The molecule has 1 rings (SSSR count). The molecular weight excluding hydrogens is 204 g/mol. The van der Waals surface area contributed by atoms with Crippen molar-refractivity contribution in [1.82, 2.24) is 0 Å². The minimum atomic E-state index is -0.313. The van der Waals surface area contributed by atoms with Crippen LogP contribution in [0.5, 0.6) is 5.75 Å². The summed E-state index contributed by atoms with van der Waals surface area (Å²) in [7, 11) is 0. The van der Waals surface area contributed by atoms with Crippen molar-refractivity contribution in [3.8, 4) is 5.75 Å². The minimum absolute atomic E-state index is 0.177. The predicted molar refractivity (Wildman–Crippen MR) is 63.0 cm³/mol. The molecule has 3 heteroatoms. The molecule has 1 aromatic carbocycles. The summed E-state index contributed by atoms with van der Waals surface area (Å²) >= 11 is 0. The second-order valence-corrected chi connectivity index (χ2v) is 3.65. The van der Waals surface area contributed by atoms with Crippen LogP contribution in [-0.4, -0.2) is 12.1 Å². The molecule has 0 radical (unpaired) electrons. The highest BCUT2D eigenvalue weighted by Gasteiger charge is 1.96. The largest absolute Gasteiger partial charge is 0.499 e. The van der Waals surface area contributed by atoms with E-state index in [4.69, 9.17) is 9.47 Å². The van der Waals surface area contributed by atoms with Gasteiger partial charge >= 0.3 is 5.97 Å². The number of ether oxygens (including phenoxy) is 2. The summed E-state index contributed by atoms with van der Waals surface area (Å²) in [5.74, 6) is 0.237. The van der Waals surface area contributed by atoms with Crippen LogP contribution in [0.1, 0.15) is 26.3 Å². The summed E-state index contributed by atoms with van der Waals surface area (Å²) in [6, 6.07) is 7.21. The molecule has 0 spiro atoms. The zero-order valence-corrected chi connectivity index (χ0v) is 9.77. The Hall–Kier alpha value is -1.77. The van der Waals surface area contributed by atoms with Gasteiger partial charge in [-0.25, -0.2) is 0 Å². The van der Waals surface area contributed by atoms with Crippen molar-refractivity contribution in [3.63, 3.8) is 0 Å². The van der Waals surface area contributed by atoms with E-state index in [1.54, 1.807) is 18.4 Å². The molecule has 0 N–H and O–H groups in total. The van der Waals surface area contributed by atoms with Gasteiger partial charge in [-0.2, -0.15) is 0 Å². The van der Waals surface area contributed by atoms with E-state index in [2.05, 4.69) is 0 Å². The second-order valence-electron chi connectivity index (χ2n) is 3.65. The van der Waals surface area contributed by atoms with Gasteiger partial charge in [0.2, 0.25) is 0 Å². The number of esters is 1. The van der Waals surface area contributed by atoms with E-state index in [0.717, 1.165) is 5.56 Å². The molecule has 3 nitrogen and oxygen atoms in total. The molecule has 0 aliphatic heterocycles. The monoisotopic (exact) mass is 220 g/mol. The van der Waals surface area contributed by atoms with Gasteiger partial charge in [0, 0.05) is 6.92 Å². The van der Waals surface area contributed by atoms with Crippen molar-refractivity contribution >= 4 is 12.0 Å². The van der Waals surface area contributed by atoms with Gasteiger partial charge < -0.3 is 9.47 Å². The Kier molecular flexibility index (Phi) is 4.58. The maximum Gasteiger partial charge on any atom is 0.308 e. The van der Waals surface area contributed by atoms with E-state index in [-0.39, 0.29) is 12.1 Å². The number of hydrogen-bond donors (Lipinski definition) is 0. The Morgan fingerprint density at radius 2 is 1.88 bits per heavy atom. The van der Waals surface area contributed by atoms with Crippen LogP contribution in [0.15, 0.2) is 30.5 Å². The fourth-order valence-corrected chi connectivity index (χ4v) is 1.09. The molecule has 0 saturated heterocycles. The maximum absolute atomic E-state index is 10.7. The summed E-state index contributed by atoms with van der Waals surface area (Å²) in [5, 5.41) is 0. The van der Waals surface area contributed by atoms with Crippen LogP contribution in [0.4, 0.5) is 0 Å². The van der Waals surface area contributed by atoms with Gasteiger partial charge in [-0.3, -0.25) is 4.79 Å². The summed E-state index contributed by atoms with van der Waals surface area (Å²) in [4.78, 5) is 10.7. The lowest BCUT2D eigenvalue weighted by Gasteiger charge is -2.03. The topological polar surface area (TPSA) is 35.5 Å². The molecule has 16 heavy (non-hydrogen) atoms. The highest BCUT2D eigenvalue weighted by atomic mass is 16.5. The van der Waals surface area contributed by atoms with Crippen LogP contribution in [0.2, 0.25) is 0 Å². The van der Waals surface area contributed by atoms with Crippen LogP contribution in [0, 0.1) is 0 Å². The molecule has 0 aliphatic rings. The van der Waals surface area contributed by atoms with Gasteiger partial charge in [0.25, 0.3) is 0 Å². The Bertz CT molecular complexity index is 363. The lowest BCUT2D eigenvalue weighted by Crippen LogP contribution is -2.00. The average molecular weight is 220 g/mol. The quantitative estimate of drug-likeness (QED) is 0.444. The lowest BCUT2D eigenvalue weighted by molar-refractivity contribution is -0.131. The molecule has 86 valence electrons. The van der Waals surface area contributed by atoms with Gasteiger partial charge in [-0.05, 0) is 37.6 Å². The molecule has 0 aromatic heterocycles. The molecule has 0 amide bonds. The number of benzene rings is 1. The normalized spacial score (nSPS) is 10.8. The van der Waals surface area contributed by atoms with Crippen molar-refractivity contribution in [3.05, 3.63) is 36.1 Å². The van der Waals surface area contributed by atoms with Gasteiger partial charge in [-0.15, -0.1) is 0 Å². The van der Waals surface area contributed by atoms with Crippen LogP contribution in [-0.2, 0) is 9.53 Å². The van der Waals surface area contributed by atoms with Crippen LogP contribution >= 0.6 is 0 Å². The minimum Gasteiger partial charge on any atom is -0.499 e. The first-order chi connectivity index (χ1) is 7.58. The fraction of sp³-hybridized carbons (Fsp3) is 0.308. The summed E-state index contributed by atoms with van der Waals surface area (Å²) < 4.78 is 10.2. The Balaban J connectivity index is 2.57. The van der Waals surface area contributed by atoms with E-state index >= 15 is 0 Å². The first kappa shape index (κ1) is 12.3. The summed E-state index contributed by atoms with van der Waals surface area (Å²) in [6.45, 7) is 5.31. The third-order valence-corrected chi connectivity index (χ3v) is 1.75. The van der Waals surface area contributed by atoms with Crippen LogP contribution < -0.4 is 4.74 Å². The SMILES string of the molecule is CC(=O)Oc1ccc(C=COC(C)C)cc1. The fourth-order valence-electron chi connectivity index (χ4n) is 1.09. The van der Waals surface area contributed by atoms with Crippen molar-refractivity contribution in [2.75, 3.05) is 0 Å². The van der Waals surface area contributed by atoms with E-state index in [0.29, 0.717) is 5.75 Å². The Morgan fingerprint density at radius 1 is 1.25 bits per heavy atom. The molecule has 0 saturated carbocycles. The van der Waals surface area contributed by atoms with E-state index in [9.17, 15) is 4.79 Å². The van der Waals surface area contributed by atoms with Gasteiger partial charge in [0.05, 0.1) is 12.4 Å². The second kappa shape index (κ2) is 5.95. The first-order valence-electron chi connectivity index (χ1n) is 5.18. The summed E-state index contributed by atoms with van der Waals surface area (Å²) in [5.41, 5.74) is 0.997. The molecule has 1 aromatic rings. The van der Waals surface area contributed by atoms with E-state index in [1.165, 1.54) is 6.92 Å². The van der Waals surface area contributed by atoms with Crippen molar-refractivity contribution < 1.29 is 14.3 Å². The zero-order chi connectivity index (χ0) is 12.0. The number of carbonyl (C=O) groups excluding carboxylic acids is 1. The molecule has 0 unspecified atom stereocenters. The maximum atomic E-state index is 10.7. The standard InChI is InChI=1S/C13H16O3/c1-10(2)15-9-8-12-4-6-13(7-5-12)16-11(3)14/h4-10H,1-3H3. The molecule has 0 bridgehead atoms. The van der Waals surface area contributed by atoms with Gasteiger partial charge in [0.15, 0.2) is 0 Å². The number of carbonyl (C=O) groups is 1. The van der Waals surface area contributed by atoms with Gasteiger partial charge in [-0.1, -0.05) is 12.1 Å². The van der Waals surface area contributed by atoms with Gasteiger partial charge in [0.1, 0.15) is 5.75 Å².